The Bertz CT molecular complexity index is 660. The number of rotatable bonds is 6. The van der Waals surface area contributed by atoms with E-state index in [1.165, 1.54) is 0 Å². The minimum Gasteiger partial charge on any atom is -0.423 e. The van der Waals surface area contributed by atoms with E-state index in [1.54, 1.807) is 67.6 Å². The quantitative estimate of drug-likeness (QED) is 0.800. The Morgan fingerprint density at radius 3 is 2.23 bits per heavy atom. The van der Waals surface area contributed by atoms with Crippen LogP contribution in [0, 0.1) is 0 Å². The normalized spacial score (nSPS) is 14.6. The van der Waals surface area contributed by atoms with Gasteiger partial charge in [0.15, 0.2) is 0 Å². The molecule has 2 rings (SSSR count). The fraction of sp³-hybridized carbons (Fsp3) is 0.188. The van der Waals surface area contributed by atoms with Crippen LogP contribution in [0.4, 0.5) is 0 Å². The fourth-order valence-corrected chi connectivity index (χ4v) is 3.23. The van der Waals surface area contributed by atoms with Gasteiger partial charge in [-0.2, -0.15) is 0 Å². The lowest BCUT2D eigenvalue weighted by Crippen LogP contribution is -2.35. The molecule has 0 saturated heterocycles. The Balaban J connectivity index is 2.10. The molecule has 0 aliphatic carbocycles. The van der Waals surface area contributed by atoms with E-state index in [4.69, 9.17) is 4.52 Å². The standard InChI is InChI=1S/C16H18NO4P/c1-2-15(17-16(18)13-9-5-3-6-10-13)22(19,20)21-14-11-7-4-8-12-14/h3-12,15H,2H2,1H3,(H,17,18)(H,19,20). The number of carbonyl (C=O) groups is 1. The number of para-hydroxylation sites is 1. The van der Waals surface area contributed by atoms with Gasteiger partial charge in [-0.1, -0.05) is 43.3 Å². The maximum Gasteiger partial charge on any atom is 0.398 e. The van der Waals surface area contributed by atoms with Gasteiger partial charge < -0.3 is 14.7 Å². The summed E-state index contributed by atoms with van der Waals surface area (Å²) in [4.78, 5) is 22.3. The lowest BCUT2D eigenvalue weighted by Gasteiger charge is -2.23. The molecule has 0 aromatic heterocycles. The highest BCUT2D eigenvalue weighted by atomic mass is 31.2. The molecular weight excluding hydrogens is 301 g/mol. The first kappa shape index (κ1) is 16.3. The highest BCUT2D eigenvalue weighted by molar-refractivity contribution is 7.54. The van der Waals surface area contributed by atoms with E-state index in [2.05, 4.69) is 5.32 Å². The highest BCUT2D eigenvalue weighted by Gasteiger charge is 2.34. The second kappa shape index (κ2) is 7.25. The lowest BCUT2D eigenvalue weighted by molar-refractivity contribution is 0.0943. The van der Waals surface area contributed by atoms with Crippen molar-refractivity contribution in [2.75, 3.05) is 0 Å². The molecule has 22 heavy (non-hydrogen) atoms. The van der Waals surface area contributed by atoms with Gasteiger partial charge in [-0.05, 0) is 30.7 Å². The minimum absolute atomic E-state index is 0.277. The van der Waals surface area contributed by atoms with Crippen molar-refractivity contribution in [3.63, 3.8) is 0 Å². The van der Waals surface area contributed by atoms with Gasteiger partial charge in [0.2, 0.25) is 0 Å². The molecule has 0 spiro atoms. The zero-order valence-corrected chi connectivity index (χ0v) is 13.1. The number of benzene rings is 2. The molecule has 2 unspecified atom stereocenters. The van der Waals surface area contributed by atoms with Gasteiger partial charge in [-0.25, -0.2) is 4.57 Å². The molecular formula is C16H18NO4P. The van der Waals surface area contributed by atoms with Crippen LogP contribution in [0.1, 0.15) is 23.7 Å². The summed E-state index contributed by atoms with van der Waals surface area (Å²) in [6.45, 7) is 1.72. The molecule has 5 nitrogen and oxygen atoms in total. The first-order valence-electron chi connectivity index (χ1n) is 6.96. The van der Waals surface area contributed by atoms with Crippen LogP contribution in [-0.4, -0.2) is 16.6 Å². The highest BCUT2D eigenvalue weighted by Crippen LogP contribution is 2.47. The zero-order valence-electron chi connectivity index (χ0n) is 12.2. The molecule has 0 fully saturated rings. The number of amides is 1. The molecule has 0 aliphatic rings. The Hall–Kier alpha value is -2.10. The van der Waals surface area contributed by atoms with Gasteiger partial charge in [-0.15, -0.1) is 0 Å². The van der Waals surface area contributed by atoms with Crippen LogP contribution in [0.2, 0.25) is 0 Å². The molecule has 0 radical (unpaired) electrons. The fourth-order valence-electron chi connectivity index (χ4n) is 1.93. The predicted octanol–water partition coefficient (Wildman–Crippen LogP) is 3.42. The summed E-state index contributed by atoms with van der Waals surface area (Å²) < 4.78 is 17.6. The summed E-state index contributed by atoms with van der Waals surface area (Å²) in [5.41, 5.74) is 0.431. The average molecular weight is 319 g/mol. The number of hydrogen-bond acceptors (Lipinski definition) is 3. The second-order valence-corrected chi connectivity index (χ2v) is 6.67. The van der Waals surface area contributed by atoms with Crippen molar-refractivity contribution in [1.82, 2.24) is 5.32 Å². The maximum absolute atomic E-state index is 12.4. The van der Waals surface area contributed by atoms with E-state index in [0.717, 1.165) is 0 Å². The summed E-state index contributed by atoms with van der Waals surface area (Å²) >= 11 is 0. The van der Waals surface area contributed by atoms with Crippen LogP contribution in [0.25, 0.3) is 0 Å². The van der Waals surface area contributed by atoms with Crippen molar-refractivity contribution in [2.24, 2.45) is 0 Å². The van der Waals surface area contributed by atoms with Gasteiger partial charge in [-0.3, -0.25) is 4.79 Å². The van der Waals surface area contributed by atoms with Crippen molar-refractivity contribution in [3.8, 4) is 5.75 Å². The van der Waals surface area contributed by atoms with Crippen molar-refractivity contribution in [1.29, 1.82) is 0 Å². The van der Waals surface area contributed by atoms with Crippen LogP contribution in [-0.2, 0) is 4.57 Å². The molecule has 116 valence electrons. The molecule has 6 heteroatoms. The number of nitrogens with one attached hydrogen (secondary N) is 1. The van der Waals surface area contributed by atoms with Crippen molar-refractivity contribution >= 4 is 13.5 Å². The smallest absolute Gasteiger partial charge is 0.398 e. The van der Waals surface area contributed by atoms with E-state index < -0.39 is 19.3 Å². The van der Waals surface area contributed by atoms with Crippen LogP contribution >= 0.6 is 7.60 Å². The first-order valence-corrected chi connectivity index (χ1v) is 8.60. The van der Waals surface area contributed by atoms with E-state index in [0.29, 0.717) is 11.3 Å². The van der Waals surface area contributed by atoms with Gasteiger partial charge in [0.1, 0.15) is 11.5 Å². The third-order valence-corrected chi connectivity index (χ3v) is 4.85. The Labute approximate surface area is 129 Å². The maximum atomic E-state index is 12.4. The van der Waals surface area contributed by atoms with Gasteiger partial charge in [0, 0.05) is 5.56 Å². The molecule has 2 aromatic rings. The van der Waals surface area contributed by atoms with Crippen LogP contribution in [0.5, 0.6) is 5.75 Å². The van der Waals surface area contributed by atoms with E-state index >= 15 is 0 Å². The minimum atomic E-state index is -4.03. The van der Waals surface area contributed by atoms with Crippen LogP contribution in [0.3, 0.4) is 0 Å². The number of hydrogen-bond donors (Lipinski definition) is 2. The zero-order chi connectivity index (χ0) is 16.0. The third-order valence-electron chi connectivity index (χ3n) is 3.09. The van der Waals surface area contributed by atoms with E-state index in [9.17, 15) is 14.3 Å². The van der Waals surface area contributed by atoms with Crippen LogP contribution in [0.15, 0.2) is 60.7 Å². The van der Waals surface area contributed by atoms with Crippen molar-refractivity contribution in [2.45, 2.75) is 19.1 Å². The molecule has 0 aliphatic heterocycles. The molecule has 0 saturated carbocycles. The number of carbonyl (C=O) groups excluding carboxylic acids is 1. The molecule has 2 N–H and O–H groups in total. The molecule has 1 amide bonds. The summed E-state index contributed by atoms with van der Waals surface area (Å²) in [6.07, 6.45) is 0.277. The molecule has 2 aromatic carbocycles. The Kier molecular flexibility index (Phi) is 5.36. The molecule has 2 atom stereocenters. The summed E-state index contributed by atoms with van der Waals surface area (Å²) in [7, 11) is -4.03. The summed E-state index contributed by atoms with van der Waals surface area (Å²) in [5, 5.41) is 2.57. The summed E-state index contributed by atoms with van der Waals surface area (Å²) in [5.74, 6) is -1.08. The predicted molar refractivity (Wildman–Crippen MR) is 84.9 cm³/mol. The Morgan fingerprint density at radius 2 is 1.68 bits per heavy atom. The summed E-state index contributed by atoms with van der Waals surface area (Å²) in [6, 6.07) is 16.9. The molecule has 0 heterocycles. The SMILES string of the molecule is CCC(NC(=O)c1ccccc1)P(=O)(O)Oc1ccccc1. The van der Waals surface area contributed by atoms with Gasteiger partial charge >= 0.3 is 7.60 Å². The Morgan fingerprint density at radius 1 is 1.14 bits per heavy atom. The molecule has 0 bridgehead atoms. The monoisotopic (exact) mass is 319 g/mol. The second-order valence-electron chi connectivity index (χ2n) is 4.73. The first-order chi connectivity index (χ1) is 10.5. The van der Waals surface area contributed by atoms with Gasteiger partial charge in [0.25, 0.3) is 5.91 Å². The largest absolute Gasteiger partial charge is 0.423 e. The third kappa shape index (κ3) is 4.20. The van der Waals surface area contributed by atoms with Crippen molar-refractivity contribution < 1.29 is 18.8 Å². The van der Waals surface area contributed by atoms with E-state index in [1.807, 2.05) is 0 Å². The topological polar surface area (TPSA) is 75.6 Å². The van der Waals surface area contributed by atoms with Crippen LogP contribution < -0.4 is 9.84 Å². The average Bonchev–Trinajstić information content (AvgIpc) is 2.53. The van der Waals surface area contributed by atoms with Gasteiger partial charge in [0.05, 0.1) is 0 Å². The lowest BCUT2D eigenvalue weighted by atomic mass is 10.2. The van der Waals surface area contributed by atoms with Crippen molar-refractivity contribution in [3.05, 3.63) is 66.2 Å². The van der Waals surface area contributed by atoms with E-state index in [-0.39, 0.29) is 6.42 Å².